The van der Waals surface area contributed by atoms with Gasteiger partial charge in [0, 0.05) is 24.4 Å². The first-order valence-electron chi connectivity index (χ1n) is 6.79. The second-order valence-electron chi connectivity index (χ2n) is 5.55. The minimum Gasteiger partial charge on any atom is -0.396 e. The molecule has 0 saturated carbocycles. The first kappa shape index (κ1) is 11.2. The van der Waals surface area contributed by atoms with E-state index in [-0.39, 0.29) is 24.4 Å². The van der Waals surface area contributed by atoms with E-state index in [1.807, 2.05) is 24.3 Å². The number of benzene rings is 2. The fraction of sp³-hybridized carbons (Fsp3) is 0.294. The van der Waals surface area contributed by atoms with E-state index in [0.717, 1.165) is 0 Å². The predicted octanol–water partition coefficient (Wildman–Crippen LogP) is 2.25. The molecule has 0 amide bonds. The lowest BCUT2D eigenvalue weighted by Gasteiger charge is -2.48. The highest BCUT2D eigenvalue weighted by atomic mass is 16.3. The molecule has 3 aliphatic rings. The quantitative estimate of drug-likeness (QED) is 0.817. The molecule has 5 rings (SSSR count). The minimum atomic E-state index is -0.486. The molecule has 19 heavy (non-hydrogen) atoms. The van der Waals surface area contributed by atoms with Crippen LogP contribution in [0.25, 0.3) is 0 Å². The molecular formula is C17H16O2. The van der Waals surface area contributed by atoms with Crippen LogP contribution in [0.2, 0.25) is 0 Å². The van der Waals surface area contributed by atoms with Crippen LogP contribution >= 0.6 is 0 Å². The molecule has 0 saturated heterocycles. The van der Waals surface area contributed by atoms with Crippen LogP contribution in [-0.2, 0) is 0 Å². The van der Waals surface area contributed by atoms with Gasteiger partial charge in [0.1, 0.15) is 0 Å². The number of hydrogen-bond donors (Lipinski definition) is 2. The molecule has 3 aliphatic carbocycles. The van der Waals surface area contributed by atoms with E-state index in [2.05, 4.69) is 24.3 Å². The highest BCUT2D eigenvalue weighted by molar-refractivity contribution is 5.56. The third-order valence-electron chi connectivity index (χ3n) is 4.75. The van der Waals surface area contributed by atoms with Gasteiger partial charge in [-0.1, -0.05) is 48.5 Å². The van der Waals surface area contributed by atoms with Crippen LogP contribution in [0.15, 0.2) is 48.5 Å². The molecule has 0 fully saturated rings. The van der Waals surface area contributed by atoms with Gasteiger partial charge < -0.3 is 10.2 Å². The molecule has 0 spiro atoms. The minimum absolute atomic E-state index is 0.00884. The van der Waals surface area contributed by atoms with E-state index in [1.54, 1.807) is 0 Å². The lowest BCUT2D eigenvalue weighted by Crippen LogP contribution is -2.45. The van der Waals surface area contributed by atoms with Gasteiger partial charge in [0.25, 0.3) is 0 Å². The lowest BCUT2D eigenvalue weighted by molar-refractivity contribution is 0.0293. The third-order valence-corrected chi connectivity index (χ3v) is 4.75. The Balaban J connectivity index is 2.03. The van der Waals surface area contributed by atoms with Crippen molar-refractivity contribution in [3.05, 3.63) is 70.8 Å². The molecule has 2 heteroatoms. The Bertz CT molecular complexity index is 587. The van der Waals surface area contributed by atoms with Crippen molar-refractivity contribution in [2.24, 2.45) is 5.92 Å². The van der Waals surface area contributed by atoms with Crippen molar-refractivity contribution in [2.45, 2.75) is 17.9 Å². The SMILES string of the molecule is OC[C@@H]1C2c3ccccc3C(c3ccccc32)[C@@H]1O. The summed E-state index contributed by atoms with van der Waals surface area (Å²) in [6.45, 7) is 0.0327. The predicted molar refractivity (Wildman–Crippen MR) is 73.2 cm³/mol. The van der Waals surface area contributed by atoms with Gasteiger partial charge >= 0.3 is 0 Å². The monoisotopic (exact) mass is 252 g/mol. The summed E-state index contributed by atoms with van der Waals surface area (Å²) < 4.78 is 0. The van der Waals surface area contributed by atoms with Crippen LogP contribution < -0.4 is 0 Å². The molecule has 2 bridgehead atoms. The molecule has 2 atom stereocenters. The Morgan fingerprint density at radius 1 is 0.737 bits per heavy atom. The Hall–Kier alpha value is -1.64. The van der Waals surface area contributed by atoms with Gasteiger partial charge in [-0.15, -0.1) is 0 Å². The molecule has 0 unspecified atom stereocenters. The maximum absolute atomic E-state index is 10.6. The third kappa shape index (κ3) is 1.33. The number of hydrogen-bond acceptors (Lipinski definition) is 2. The van der Waals surface area contributed by atoms with E-state index >= 15 is 0 Å². The average Bonchev–Trinajstić information content (AvgIpc) is 2.47. The summed E-state index contributed by atoms with van der Waals surface area (Å²) in [4.78, 5) is 0. The Morgan fingerprint density at radius 2 is 1.16 bits per heavy atom. The van der Waals surface area contributed by atoms with Crippen LogP contribution in [0.5, 0.6) is 0 Å². The summed E-state index contributed by atoms with van der Waals surface area (Å²) in [5.41, 5.74) is 5.00. The van der Waals surface area contributed by atoms with Crippen molar-refractivity contribution in [1.82, 2.24) is 0 Å². The fourth-order valence-electron chi connectivity index (χ4n) is 3.98. The molecule has 2 N–H and O–H groups in total. The van der Waals surface area contributed by atoms with Gasteiger partial charge in [0.2, 0.25) is 0 Å². The van der Waals surface area contributed by atoms with Crippen molar-refractivity contribution in [2.75, 3.05) is 6.61 Å². The first-order valence-corrected chi connectivity index (χ1v) is 6.79. The van der Waals surface area contributed by atoms with Crippen LogP contribution in [0.1, 0.15) is 34.1 Å². The van der Waals surface area contributed by atoms with Crippen LogP contribution in [0, 0.1) is 5.92 Å². The molecule has 2 aromatic rings. The van der Waals surface area contributed by atoms with Gasteiger partial charge in [-0.3, -0.25) is 0 Å². The van der Waals surface area contributed by atoms with Crippen molar-refractivity contribution >= 4 is 0 Å². The van der Waals surface area contributed by atoms with Gasteiger partial charge in [0.05, 0.1) is 6.10 Å². The second kappa shape index (κ2) is 3.92. The lowest BCUT2D eigenvalue weighted by atomic mass is 9.58. The van der Waals surface area contributed by atoms with Crippen molar-refractivity contribution < 1.29 is 10.2 Å². The highest BCUT2D eigenvalue weighted by Crippen LogP contribution is 2.55. The topological polar surface area (TPSA) is 40.5 Å². The zero-order valence-electron chi connectivity index (χ0n) is 10.5. The fourth-order valence-corrected chi connectivity index (χ4v) is 3.98. The molecule has 2 nitrogen and oxygen atoms in total. The van der Waals surface area contributed by atoms with Crippen LogP contribution in [-0.4, -0.2) is 22.9 Å². The molecule has 0 radical (unpaired) electrons. The van der Waals surface area contributed by atoms with Crippen molar-refractivity contribution in [3.63, 3.8) is 0 Å². The van der Waals surface area contributed by atoms with E-state index in [9.17, 15) is 10.2 Å². The number of fused-ring (bicyclic) bond motifs is 1. The molecule has 0 heterocycles. The van der Waals surface area contributed by atoms with Gasteiger partial charge in [-0.2, -0.15) is 0 Å². The van der Waals surface area contributed by atoms with Gasteiger partial charge in [-0.25, -0.2) is 0 Å². The maximum atomic E-state index is 10.6. The first-order chi connectivity index (χ1) is 9.33. The van der Waals surface area contributed by atoms with Crippen LogP contribution in [0.4, 0.5) is 0 Å². The maximum Gasteiger partial charge on any atom is 0.0708 e. The number of rotatable bonds is 1. The summed E-state index contributed by atoms with van der Waals surface area (Å²) >= 11 is 0. The number of aliphatic hydroxyl groups excluding tert-OH is 2. The summed E-state index contributed by atoms with van der Waals surface area (Å²) in [5.74, 6) is 0.0433. The molecule has 96 valence electrons. The van der Waals surface area contributed by atoms with Gasteiger partial charge in [-0.05, 0) is 22.3 Å². The summed E-state index contributed by atoms with van der Waals surface area (Å²) in [7, 11) is 0. The smallest absolute Gasteiger partial charge is 0.0708 e. The normalized spacial score (nSPS) is 30.8. The van der Waals surface area contributed by atoms with Crippen molar-refractivity contribution in [3.8, 4) is 0 Å². The largest absolute Gasteiger partial charge is 0.396 e. The Kier molecular flexibility index (Phi) is 2.32. The average molecular weight is 252 g/mol. The van der Waals surface area contributed by atoms with Crippen molar-refractivity contribution in [1.29, 1.82) is 0 Å². The molecule has 0 aliphatic heterocycles. The van der Waals surface area contributed by atoms with E-state index < -0.39 is 6.10 Å². The zero-order chi connectivity index (χ0) is 13.0. The van der Waals surface area contributed by atoms with E-state index in [4.69, 9.17) is 0 Å². The molecular weight excluding hydrogens is 236 g/mol. The standard InChI is InChI=1S/C17H16O2/c18-9-14-15-10-5-1-3-7-12(10)16(17(14)19)13-8-4-2-6-11(13)15/h1-8,14-19H,9H2/t14-,15?,16?,17-/m1/s1. The zero-order valence-corrected chi connectivity index (χ0v) is 10.5. The number of aliphatic hydroxyl groups is 2. The summed E-state index contributed by atoms with van der Waals surface area (Å²) in [6, 6.07) is 16.6. The van der Waals surface area contributed by atoms with Crippen LogP contribution in [0.3, 0.4) is 0 Å². The Morgan fingerprint density at radius 3 is 1.58 bits per heavy atom. The summed E-state index contributed by atoms with van der Waals surface area (Å²) in [5, 5.41) is 20.3. The van der Waals surface area contributed by atoms with Gasteiger partial charge in [0.15, 0.2) is 0 Å². The molecule has 2 aromatic carbocycles. The molecule has 0 aromatic heterocycles. The van der Waals surface area contributed by atoms with E-state index in [1.165, 1.54) is 22.3 Å². The van der Waals surface area contributed by atoms with E-state index in [0.29, 0.717) is 0 Å². The highest BCUT2D eigenvalue weighted by Gasteiger charge is 2.48. The Labute approximate surface area is 112 Å². The summed E-state index contributed by atoms with van der Waals surface area (Å²) in [6.07, 6.45) is -0.486. The second-order valence-corrected chi connectivity index (χ2v) is 5.55.